The highest BCUT2D eigenvalue weighted by Crippen LogP contribution is 2.35. The minimum atomic E-state index is -0.535. The summed E-state index contributed by atoms with van der Waals surface area (Å²) in [6.07, 6.45) is -0.791. The Morgan fingerprint density at radius 1 is 1.43 bits per heavy atom. The standard InChI is InChI=1S/C15H19BBrNO5/c1-15(2,3)22-14(19)18-8-11-12-9(17)4-5-10-13(12)16(23-11)21-7-6-20-10/h4-5,11H,6-8H2,1-3H3,(H,18,19)/t11-/m1/s1. The van der Waals surface area contributed by atoms with Crippen molar-refractivity contribution >= 4 is 34.6 Å². The van der Waals surface area contributed by atoms with Gasteiger partial charge in [0.15, 0.2) is 0 Å². The molecule has 6 nitrogen and oxygen atoms in total. The van der Waals surface area contributed by atoms with Crippen LogP contribution < -0.4 is 15.5 Å². The van der Waals surface area contributed by atoms with Crippen molar-refractivity contribution in [2.75, 3.05) is 19.8 Å². The van der Waals surface area contributed by atoms with E-state index in [-0.39, 0.29) is 6.10 Å². The van der Waals surface area contributed by atoms with Gasteiger partial charge in [-0.2, -0.15) is 0 Å². The number of alkyl carbamates (subject to hydrolysis) is 1. The molecule has 2 heterocycles. The van der Waals surface area contributed by atoms with E-state index in [0.29, 0.717) is 19.8 Å². The smallest absolute Gasteiger partial charge is 0.492 e. The number of ether oxygens (including phenoxy) is 2. The number of hydrogen-bond donors (Lipinski definition) is 1. The van der Waals surface area contributed by atoms with Gasteiger partial charge in [-0.15, -0.1) is 0 Å². The van der Waals surface area contributed by atoms with Crippen LogP contribution in [0.2, 0.25) is 0 Å². The Morgan fingerprint density at radius 3 is 2.96 bits per heavy atom. The number of carbonyl (C=O) groups excluding carboxylic acids is 1. The fraction of sp³-hybridized carbons (Fsp3) is 0.533. The van der Waals surface area contributed by atoms with Gasteiger partial charge in [-0.3, -0.25) is 0 Å². The Labute approximate surface area is 144 Å². The third kappa shape index (κ3) is 3.64. The zero-order valence-electron chi connectivity index (χ0n) is 13.3. The molecule has 2 aliphatic heterocycles. The molecule has 23 heavy (non-hydrogen) atoms. The van der Waals surface area contributed by atoms with E-state index in [1.165, 1.54) is 0 Å². The van der Waals surface area contributed by atoms with Crippen LogP contribution in [0.1, 0.15) is 32.4 Å². The van der Waals surface area contributed by atoms with E-state index in [4.69, 9.17) is 18.8 Å². The molecule has 0 radical (unpaired) electrons. The van der Waals surface area contributed by atoms with Gasteiger partial charge in [-0.1, -0.05) is 15.9 Å². The minimum absolute atomic E-state index is 0.295. The van der Waals surface area contributed by atoms with Crippen molar-refractivity contribution in [1.29, 1.82) is 0 Å². The zero-order chi connectivity index (χ0) is 16.6. The van der Waals surface area contributed by atoms with E-state index in [2.05, 4.69) is 21.2 Å². The summed E-state index contributed by atoms with van der Waals surface area (Å²) in [5, 5.41) is 2.75. The van der Waals surface area contributed by atoms with E-state index >= 15 is 0 Å². The molecule has 0 bridgehead atoms. The maximum atomic E-state index is 11.8. The van der Waals surface area contributed by atoms with Crippen molar-refractivity contribution < 1.29 is 23.6 Å². The van der Waals surface area contributed by atoms with Gasteiger partial charge in [-0.25, -0.2) is 4.79 Å². The molecule has 0 spiro atoms. The summed E-state index contributed by atoms with van der Waals surface area (Å²) in [6, 6.07) is 3.82. The lowest BCUT2D eigenvalue weighted by Gasteiger charge is -2.21. The highest BCUT2D eigenvalue weighted by molar-refractivity contribution is 9.10. The van der Waals surface area contributed by atoms with E-state index in [9.17, 15) is 4.79 Å². The topological polar surface area (TPSA) is 66.0 Å². The normalized spacial score (nSPS) is 19.7. The summed E-state index contributed by atoms with van der Waals surface area (Å²) in [7, 11) is -0.467. The molecule has 0 saturated carbocycles. The predicted octanol–water partition coefficient (Wildman–Crippen LogP) is 2.15. The number of amides is 1. The van der Waals surface area contributed by atoms with Gasteiger partial charge in [0.25, 0.3) is 0 Å². The molecule has 1 amide bonds. The van der Waals surface area contributed by atoms with E-state index in [1.54, 1.807) is 0 Å². The lowest BCUT2D eigenvalue weighted by Crippen LogP contribution is -2.35. The first-order valence-electron chi connectivity index (χ1n) is 7.54. The maximum absolute atomic E-state index is 11.8. The van der Waals surface area contributed by atoms with Crippen LogP contribution in [-0.4, -0.2) is 38.6 Å². The summed E-state index contributed by atoms with van der Waals surface area (Å²) >= 11 is 3.55. The molecule has 124 valence electrons. The highest BCUT2D eigenvalue weighted by atomic mass is 79.9. The van der Waals surface area contributed by atoms with Crippen LogP contribution in [0.3, 0.4) is 0 Å². The lowest BCUT2D eigenvalue weighted by molar-refractivity contribution is 0.0494. The second-order valence-electron chi connectivity index (χ2n) is 6.43. The molecule has 1 N–H and O–H groups in total. The molecular formula is C15H19BBrNO5. The second kappa shape index (κ2) is 6.34. The van der Waals surface area contributed by atoms with Gasteiger partial charge in [0.1, 0.15) is 18.0 Å². The van der Waals surface area contributed by atoms with E-state index in [1.807, 2.05) is 32.9 Å². The van der Waals surface area contributed by atoms with Crippen LogP contribution in [0.15, 0.2) is 16.6 Å². The Kier molecular flexibility index (Phi) is 4.57. The Bertz CT molecular complexity index is 619. The molecule has 1 atom stereocenters. The molecule has 0 saturated heterocycles. The molecule has 2 aliphatic rings. The SMILES string of the molecule is CC(C)(C)OC(=O)NC[C@H]1OB2OCCOc3ccc(Br)c1c32. The summed E-state index contributed by atoms with van der Waals surface area (Å²) in [5.74, 6) is 0.769. The van der Waals surface area contributed by atoms with Gasteiger partial charge in [0, 0.05) is 16.5 Å². The van der Waals surface area contributed by atoms with Gasteiger partial charge < -0.3 is 24.1 Å². The van der Waals surface area contributed by atoms with Gasteiger partial charge >= 0.3 is 13.2 Å². The molecule has 8 heteroatoms. The maximum Gasteiger partial charge on any atom is 0.498 e. The second-order valence-corrected chi connectivity index (χ2v) is 7.29. The third-order valence-electron chi connectivity index (χ3n) is 3.48. The van der Waals surface area contributed by atoms with Crippen molar-refractivity contribution in [2.45, 2.75) is 32.5 Å². The number of carbonyl (C=O) groups is 1. The third-order valence-corrected chi connectivity index (χ3v) is 4.17. The first-order chi connectivity index (χ1) is 10.8. The van der Waals surface area contributed by atoms with Crippen LogP contribution >= 0.6 is 15.9 Å². The molecule has 0 unspecified atom stereocenters. The quantitative estimate of drug-likeness (QED) is 0.792. The molecule has 3 rings (SSSR count). The van der Waals surface area contributed by atoms with Crippen molar-refractivity contribution in [2.24, 2.45) is 0 Å². The van der Waals surface area contributed by atoms with Crippen LogP contribution in [0.25, 0.3) is 0 Å². The first kappa shape index (κ1) is 16.6. The van der Waals surface area contributed by atoms with E-state index in [0.717, 1.165) is 21.2 Å². The first-order valence-corrected chi connectivity index (χ1v) is 8.33. The molecule has 1 aromatic carbocycles. The Hall–Kier alpha value is -1.25. The number of hydrogen-bond acceptors (Lipinski definition) is 5. The number of benzene rings is 1. The average molecular weight is 384 g/mol. The summed E-state index contributed by atoms with van der Waals surface area (Å²) in [4.78, 5) is 11.8. The van der Waals surface area contributed by atoms with Crippen LogP contribution in [0.4, 0.5) is 4.79 Å². The molecule has 0 aliphatic carbocycles. The largest absolute Gasteiger partial charge is 0.498 e. The predicted molar refractivity (Wildman–Crippen MR) is 89.0 cm³/mol. The fourth-order valence-corrected chi connectivity index (χ4v) is 3.24. The average Bonchev–Trinajstić information content (AvgIpc) is 2.69. The van der Waals surface area contributed by atoms with Crippen molar-refractivity contribution in [3.8, 4) is 5.75 Å². The van der Waals surface area contributed by atoms with Crippen LogP contribution in [-0.2, 0) is 14.0 Å². The van der Waals surface area contributed by atoms with E-state index < -0.39 is 18.8 Å². The van der Waals surface area contributed by atoms with Gasteiger partial charge in [0.2, 0.25) is 0 Å². The monoisotopic (exact) mass is 383 g/mol. The lowest BCUT2D eigenvalue weighted by atomic mass is 9.78. The molecule has 0 fully saturated rings. The van der Waals surface area contributed by atoms with Crippen LogP contribution in [0, 0.1) is 0 Å². The molecule has 0 aromatic heterocycles. The summed E-state index contributed by atoms with van der Waals surface area (Å²) in [6.45, 7) is 6.72. The minimum Gasteiger partial charge on any atom is -0.492 e. The van der Waals surface area contributed by atoms with Crippen molar-refractivity contribution in [3.63, 3.8) is 0 Å². The number of halogens is 1. The summed E-state index contributed by atoms with van der Waals surface area (Å²) < 4.78 is 23.5. The number of nitrogens with one attached hydrogen (secondary N) is 1. The number of rotatable bonds is 2. The molecule has 1 aromatic rings. The van der Waals surface area contributed by atoms with Gasteiger partial charge in [0.05, 0.1) is 12.7 Å². The Balaban J connectivity index is 1.76. The zero-order valence-corrected chi connectivity index (χ0v) is 14.9. The van der Waals surface area contributed by atoms with Gasteiger partial charge in [-0.05, 0) is 38.5 Å². The molecular weight excluding hydrogens is 365 g/mol. The van der Waals surface area contributed by atoms with Crippen molar-refractivity contribution in [1.82, 2.24) is 5.32 Å². The highest BCUT2D eigenvalue weighted by Gasteiger charge is 2.43. The van der Waals surface area contributed by atoms with Crippen molar-refractivity contribution in [3.05, 3.63) is 22.2 Å². The van der Waals surface area contributed by atoms with Crippen LogP contribution in [0.5, 0.6) is 5.75 Å². The fourth-order valence-electron chi connectivity index (χ4n) is 2.64. The Morgan fingerprint density at radius 2 is 2.22 bits per heavy atom. The summed E-state index contributed by atoms with van der Waals surface area (Å²) in [5.41, 5.74) is 1.31.